The van der Waals surface area contributed by atoms with Gasteiger partial charge in [0.25, 0.3) is 18.8 Å². The first-order chi connectivity index (χ1) is 14.3. The number of nitrogens with one attached hydrogen (secondary N) is 1. The number of halogens is 4. The Hall–Kier alpha value is -3.10. The van der Waals surface area contributed by atoms with E-state index in [-0.39, 0.29) is 24.1 Å². The van der Waals surface area contributed by atoms with E-state index in [0.717, 1.165) is 15.8 Å². The highest BCUT2D eigenvalue weighted by molar-refractivity contribution is 5.91. The Kier molecular flexibility index (Phi) is 6.59. The van der Waals surface area contributed by atoms with Crippen LogP contribution in [0.4, 0.5) is 17.6 Å². The fourth-order valence-electron chi connectivity index (χ4n) is 3.04. The van der Waals surface area contributed by atoms with Crippen molar-refractivity contribution in [3.8, 4) is 0 Å². The monoisotopic (exact) mass is 423 g/mol. The van der Waals surface area contributed by atoms with Gasteiger partial charge in [-0.2, -0.15) is 5.10 Å². The molecular formula is C21H21F4N3O2. The van der Waals surface area contributed by atoms with Gasteiger partial charge in [0.05, 0.1) is 12.6 Å². The molecule has 1 N–H and O–H groups in total. The number of aryl methyl sites for hydroxylation is 1. The number of nitrogens with zero attached hydrogens (tertiary/aromatic N) is 2. The second kappa shape index (κ2) is 9.15. The van der Waals surface area contributed by atoms with Crippen molar-refractivity contribution in [3.63, 3.8) is 0 Å². The fraction of sp³-hybridized carbons (Fsp3) is 0.333. The Morgan fingerprint density at radius 1 is 1.10 bits per heavy atom. The zero-order valence-electron chi connectivity index (χ0n) is 16.4. The molecule has 1 amide bonds. The van der Waals surface area contributed by atoms with Crippen LogP contribution in [0.5, 0.6) is 0 Å². The molecule has 9 heteroatoms. The highest BCUT2D eigenvalue weighted by atomic mass is 19.3. The second-order valence-electron chi connectivity index (χ2n) is 6.86. The van der Waals surface area contributed by atoms with Crippen molar-refractivity contribution >= 4 is 5.91 Å². The maximum absolute atomic E-state index is 13.1. The summed E-state index contributed by atoms with van der Waals surface area (Å²) in [6.45, 7) is 3.61. The highest BCUT2D eigenvalue weighted by Crippen LogP contribution is 2.26. The molecule has 3 rings (SSSR count). The fourth-order valence-corrected chi connectivity index (χ4v) is 3.04. The Morgan fingerprint density at radius 3 is 2.40 bits per heavy atom. The molecule has 0 saturated heterocycles. The third-order valence-electron chi connectivity index (χ3n) is 4.66. The maximum Gasteiger partial charge on any atom is 0.287 e. The first-order valence-corrected chi connectivity index (χ1v) is 9.38. The van der Waals surface area contributed by atoms with Crippen LogP contribution >= 0.6 is 0 Å². The minimum absolute atomic E-state index is 0.00426. The molecule has 0 fully saturated rings. The van der Waals surface area contributed by atoms with Crippen LogP contribution in [0.1, 0.15) is 71.1 Å². The number of aromatic nitrogens is 2. The molecule has 0 saturated carbocycles. The molecule has 1 unspecified atom stereocenters. The normalized spacial score (nSPS) is 12.5. The molecule has 0 spiro atoms. The minimum Gasteiger partial charge on any atom is -0.454 e. The van der Waals surface area contributed by atoms with Crippen LogP contribution in [0.15, 0.2) is 46.9 Å². The summed E-state index contributed by atoms with van der Waals surface area (Å²) in [6.07, 6.45) is -5.28. The number of hydrogen-bond donors (Lipinski definition) is 1. The topological polar surface area (TPSA) is 60.1 Å². The van der Waals surface area contributed by atoms with Gasteiger partial charge < -0.3 is 9.73 Å². The van der Waals surface area contributed by atoms with E-state index in [9.17, 15) is 22.4 Å². The average Bonchev–Trinajstić information content (AvgIpc) is 3.34. The molecule has 0 aliphatic heterocycles. The van der Waals surface area contributed by atoms with Gasteiger partial charge >= 0.3 is 0 Å². The predicted molar refractivity (Wildman–Crippen MR) is 102 cm³/mol. The van der Waals surface area contributed by atoms with E-state index >= 15 is 0 Å². The summed E-state index contributed by atoms with van der Waals surface area (Å²) in [5.41, 5.74) is 0.671. The van der Waals surface area contributed by atoms with Crippen LogP contribution in [-0.2, 0) is 6.54 Å². The van der Waals surface area contributed by atoms with Gasteiger partial charge in [0.1, 0.15) is 17.1 Å². The number of carbonyl (C=O) groups is 1. The molecule has 160 valence electrons. The van der Waals surface area contributed by atoms with E-state index in [1.54, 1.807) is 0 Å². The third kappa shape index (κ3) is 4.90. The lowest BCUT2D eigenvalue weighted by molar-refractivity contribution is 0.0904. The Balaban J connectivity index is 1.73. The van der Waals surface area contributed by atoms with E-state index in [4.69, 9.17) is 4.42 Å². The highest BCUT2D eigenvalue weighted by Gasteiger charge is 2.22. The van der Waals surface area contributed by atoms with Crippen LogP contribution in [0.25, 0.3) is 0 Å². The summed E-state index contributed by atoms with van der Waals surface area (Å²) in [7, 11) is 0. The van der Waals surface area contributed by atoms with Crippen molar-refractivity contribution in [1.29, 1.82) is 0 Å². The van der Waals surface area contributed by atoms with Crippen molar-refractivity contribution in [1.82, 2.24) is 15.1 Å². The van der Waals surface area contributed by atoms with Crippen molar-refractivity contribution in [2.45, 2.75) is 45.7 Å². The molecule has 2 aromatic heterocycles. The summed E-state index contributed by atoms with van der Waals surface area (Å²) in [6, 6.07) is 11.0. The number of carbonyl (C=O) groups excluding carboxylic acids is 1. The molecule has 1 aromatic carbocycles. The second-order valence-corrected chi connectivity index (χ2v) is 6.86. The zero-order valence-corrected chi connectivity index (χ0v) is 16.4. The Bertz CT molecular complexity index is 996. The SMILES string of the molecule is CCC(NC(=O)c1ccc(Cn2nc(C(F)F)cc2C(F)F)o1)c1ccc(C)cc1. The van der Waals surface area contributed by atoms with Crippen molar-refractivity contribution in [2.75, 3.05) is 0 Å². The van der Waals surface area contributed by atoms with Crippen LogP contribution in [0.3, 0.4) is 0 Å². The molecular weight excluding hydrogens is 402 g/mol. The molecule has 0 aliphatic carbocycles. The lowest BCUT2D eigenvalue weighted by Crippen LogP contribution is -2.27. The number of amides is 1. The van der Waals surface area contributed by atoms with E-state index < -0.39 is 30.1 Å². The molecule has 5 nitrogen and oxygen atoms in total. The van der Waals surface area contributed by atoms with Crippen molar-refractivity contribution < 1.29 is 26.8 Å². The number of furan rings is 1. The molecule has 0 aliphatic rings. The van der Waals surface area contributed by atoms with Gasteiger partial charge in [0.2, 0.25) is 0 Å². The van der Waals surface area contributed by atoms with Crippen LogP contribution in [0.2, 0.25) is 0 Å². The first kappa shape index (κ1) is 21.6. The molecule has 1 atom stereocenters. The van der Waals surface area contributed by atoms with Crippen LogP contribution in [0, 0.1) is 6.92 Å². The lowest BCUT2D eigenvalue weighted by Gasteiger charge is -2.17. The molecule has 2 heterocycles. The van der Waals surface area contributed by atoms with Gasteiger partial charge in [-0.25, -0.2) is 17.6 Å². The number of hydrogen-bond acceptors (Lipinski definition) is 3. The molecule has 3 aromatic rings. The lowest BCUT2D eigenvalue weighted by atomic mass is 10.0. The number of alkyl halides is 4. The minimum atomic E-state index is -2.97. The Morgan fingerprint density at radius 2 is 1.80 bits per heavy atom. The average molecular weight is 423 g/mol. The van der Waals surface area contributed by atoms with E-state index in [2.05, 4.69) is 10.4 Å². The maximum atomic E-state index is 13.1. The van der Waals surface area contributed by atoms with E-state index in [1.165, 1.54) is 12.1 Å². The van der Waals surface area contributed by atoms with Gasteiger partial charge in [0.15, 0.2) is 5.76 Å². The predicted octanol–water partition coefficient (Wildman–Crippen LogP) is 5.59. The van der Waals surface area contributed by atoms with Crippen LogP contribution in [-0.4, -0.2) is 15.7 Å². The largest absolute Gasteiger partial charge is 0.454 e. The van der Waals surface area contributed by atoms with Gasteiger partial charge in [0, 0.05) is 0 Å². The third-order valence-corrected chi connectivity index (χ3v) is 4.66. The summed E-state index contributed by atoms with van der Waals surface area (Å²) in [5, 5.41) is 6.39. The van der Waals surface area contributed by atoms with Gasteiger partial charge in [-0.1, -0.05) is 36.8 Å². The van der Waals surface area contributed by atoms with Gasteiger partial charge in [-0.3, -0.25) is 9.48 Å². The number of benzene rings is 1. The van der Waals surface area contributed by atoms with Gasteiger partial charge in [-0.15, -0.1) is 0 Å². The smallest absolute Gasteiger partial charge is 0.287 e. The summed E-state index contributed by atoms with van der Waals surface area (Å²) < 4.78 is 58.0. The number of rotatable bonds is 8. The van der Waals surface area contributed by atoms with Crippen LogP contribution < -0.4 is 5.32 Å². The Labute approximate surface area is 170 Å². The van der Waals surface area contributed by atoms with Crippen molar-refractivity contribution in [2.24, 2.45) is 0 Å². The summed E-state index contributed by atoms with van der Waals surface area (Å²) >= 11 is 0. The molecule has 0 radical (unpaired) electrons. The van der Waals surface area contributed by atoms with Gasteiger partial charge in [-0.05, 0) is 37.1 Å². The first-order valence-electron chi connectivity index (χ1n) is 9.38. The molecule has 0 bridgehead atoms. The van der Waals surface area contributed by atoms with Crippen molar-refractivity contribution in [3.05, 3.63) is 76.5 Å². The molecule has 30 heavy (non-hydrogen) atoms. The standard InChI is InChI=1S/C21H21F4N3O2/c1-3-15(13-6-4-12(2)5-7-13)26-21(29)18-9-8-14(30-18)11-28-17(20(24)25)10-16(27-28)19(22)23/h4-10,15,19-20H,3,11H2,1-2H3,(H,26,29). The van der Waals surface area contributed by atoms with E-state index in [0.29, 0.717) is 12.5 Å². The van der Waals surface area contributed by atoms with E-state index in [1.807, 2.05) is 38.1 Å². The summed E-state index contributed by atoms with van der Waals surface area (Å²) in [5.74, 6) is -0.318. The quantitative estimate of drug-likeness (QED) is 0.481. The zero-order chi connectivity index (χ0) is 21.8. The summed E-state index contributed by atoms with van der Waals surface area (Å²) in [4.78, 5) is 12.5.